The fourth-order valence-corrected chi connectivity index (χ4v) is 0.136. The molecule has 0 spiro atoms. The van der Waals surface area contributed by atoms with Crippen molar-refractivity contribution in [3.05, 3.63) is 12.2 Å². The Morgan fingerprint density at radius 1 is 1.11 bits per heavy atom. The predicted molar refractivity (Wildman–Crippen MR) is 26.0 cm³/mol. The quantitative estimate of drug-likeness (QED) is 0.310. The third kappa shape index (κ3) is 11.5. The second-order valence-corrected chi connectivity index (χ2v) is 0.971. The number of rotatable bonds is 2. The van der Waals surface area contributed by atoms with Gasteiger partial charge in [0, 0.05) is 0 Å². The summed E-state index contributed by atoms with van der Waals surface area (Å²) in [5.74, 6) is -3.09. The molecular formula is C4H3CaO4+. The number of carboxylic acids is 2. The van der Waals surface area contributed by atoms with Crippen molar-refractivity contribution in [2.45, 2.75) is 0 Å². The van der Waals surface area contributed by atoms with Gasteiger partial charge in [0.15, 0.2) is 0 Å². The van der Waals surface area contributed by atoms with Crippen LogP contribution in [0.25, 0.3) is 0 Å². The van der Waals surface area contributed by atoms with Gasteiger partial charge in [-0.2, -0.15) is 0 Å². The van der Waals surface area contributed by atoms with Gasteiger partial charge in [-0.05, 0) is 12.2 Å². The van der Waals surface area contributed by atoms with Crippen LogP contribution in [0.1, 0.15) is 1.43 Å². The first kappa shape index (κ1) is 11.7. The molecule has 0 aromatic rings. The molecule has 0 fully saturated rings. The van der Waals surface area contributed by atoms with Gasteiger partial charge < -0.3 is 19.8 Å². The molecule has 0 unspecified atom stereocenters. The predicted octanol–water partition coefficient (Wildman–Crippen LogP) is -3.23. The molecule has 0 rings (SSSR count). The Balaban J connectivity index is -0.000000245. The van der Waals surface area contributed by atoms with E-state index >= 15 is 0 Å². The molecule has 0 saturated heterocycles. The second-order valence-electron chi connectivity index (χ2n) is 0.971. The standard InChI is InChI=1S/C4H4O4.Ca/c5-3(6)1-2-4(7)8;/h1-2H,(H,5,6)(H,7,8);/q;+2/p-1/b2-1-;. The minimum atomic E-state index is -1.55. The maximum atomic E-state index is 9.41. The molecule has 0 N–H and O–H groups in total. The van der Waals surface area contributed by atoms with Crippen LogP contribution in [-0.4, -0.2) is 49.7 Å². The van der Waals surface area contributed by atoms with Crippen LogP contribution in [0.2, 0.25) is 0 Å². The fourth-order valence-electron chi connectivity index (χ4n) is 0.136. The maximum Gasteiger partial charge on any atom is 2.00 e. The number of carbonyl (C=O) groups is 2. The van der Waals surface area contributed by atoms with Crippen LogP contribution in [-0.2, 0) is 9.59 Å². The first-order chi connectivity index (χ1) is 3.63. The first-order valence-electron chi connectivity index (χ1n) is 1.73. The largest absolute Gasteiger partial charge is 2.00 e. The molecule has 44 valence electrons. The van der Waals surface area contributed by atoms with Gasteiger partial charge in [0.05, 0.1) is 11.9 Å². The van der Waals surface area contributed by atoms with Crippen LogP contribution < -0.4 is 10.2 Å². The van der Waals surface area contributed by atoms with E-state index in [4.69, 9.17) is 0 Å². The van der Waals surface area contributed by atoms with Gasteiger partial charge in [-0.3, -0.25) is 0 Å². The summed E-state index contributed by atoms with van der Waals surface area (Å²) in [7, 11) is 0. The van der Waals surface area contributed by atoms with Crippen LogP contribution in [0.4, 0.5) is 0 Å². The zero-order chi connectivity index (χ0) is 6.57. The van der Waals surface area contributed by atoms with E-state index in [2.05, 4.69) is 0 Å². The topological polar surface area (TPSA) is 80.3 Å². The minimum Gasteiger partial charge on any atom is -0.545 e. The molecular weight excluding hydrogens is 152 g/mol. The molecule has 0 aliphatic heterocycles. The Morgan fingerprint density at radius 2 is 1.33 bits per heavy atom. The van der Waals surface area contributed by atoms with Gasteiger partial charge in [0.1, 0.15) is 0 Å². The Kier molecular flexibility index (Phi) is 7.89. The summed E-state index contributed by atoms with van der Waals surface area (Å²) in [6, 6.07) is 0. The van der Waals surface area contributed by atoms with E-state index in [0.29, 0.717) is 12.2 Å². The van der Waals surface area contributed by atoms with Crippen molar-refractivity contribution >= 4 is 49.7 Å². The van der Waals surface area contributed by atoms with Crippen LogP contribution in [0.15, 0.2) is 12.2 Å². The van der Waals surface area contributed by atoms with Crippen LogP contribution in [0.5, 0.6) is 0 Å². The second kappa shape index (κ2) is 6.07. The molecule has 0 aliphatic rings. The summed E-state index contributed by atoms with van der Waals surface area (Å²) >= 11 is 0. The molecule has 0 aliphatic carbocycles. The van der Waals surface area contributed by atoms with Crippen molar-refractivity contribution in [3.63, 3.8) is 0 Å². The van der Waals surface area contributed by atoms with Gasteiger partial charge >= 0.3 is 39.2 Å². The molecule has 0 aromatic carbocycles. The van der Waals surface area contributed by atoms with E-state index < -0.39 is 11.9 Å². The molecule has 9 heavy (non-hydrogen) atoms. The summed E-state index contributed by atoms with van der Waals surface area (Å²) < 4.78 is 0. The van der Waals surface area contributed by atoms with Crippen molar-refractivity contribution in [1.29, 1.82) is 0 Å². The third-order valence-electron chi connectivity index (χ3n) is 0.355. The molecule has 0 bridgehead atoms. The SMILES string of the molecule is O=C([O-])/C=C\C(=O)[O-].[Ca+2].[H+]. The Hall–Kier alpha value is -0.0603. The zero-order valence-electron chi connectivity index (χ0n) is 5.49. The van der Waals surface area contributed by atoms with Gasteiger partial charge in [-0.15, -0.1) is 0 Å². The minimum absolute atomic E-state index is 0. The Morgan fingerprint density at radius 3 is 1.44 bits per heavy atom. The van der Waals surface area contributed by atoms with Crippen LogP contribution in [0, 0.1) is 0 Å². The van der Waals surface area contributed by atoms with E-state index in [1.807, 2.05) is 0 Å². The summed E-state index contributed by atoms with van der Waals surface area (Å²) in [5.41, 5.74) is 0. The first-order valence-corrected chi connectivity index (χ1v) is 1.73. The van der Waals surface area contributed by atoms with Crippen LogP contribution >= 0.6 is 0 Å². The Labute approximate surface area is 82.7 Å². The molecule has 5 heteroatoms. The van der Waals surface area contributed by atoms with Gasteiger partial charge in [-0.1, -0.05) is 0 Å². The third-order valence-corrected chi connectivity index (χ3v) is 0.355. The normalized spacial score (nSPS) is 8.44. The number of hydrogen-bond acceptors (Lipinski definition) is 4. The molecule has 0 aromatic heterocycles. The summed E-state index contributed by atoms with van der Waals surface area (Å²) in [6.45, 7) is 0. The smallest absolute Gasteiger partial charge is 0.545 e. The zero-order valence-corrected chi connectivity index (χ0v) is 6.70. The average Bonchev–Trinajstić information content (AvgIpc) is 1.61. The van der Waals surface area contributed by atoms with E-state index in [9.17, 15) is 19.8 Å². The van der Waals surface area contributed by atoms with Crippen molar-refractivity contribution in [3.8, 4) is 0 Å². The molecule has 0 heterocycles. The van der Waals surface area contributed by atoms with Crippen molar-refractivity contribution in [1.82, 2.24) is 0 Å². The monoisotopic (exact) mass is 155 g/mol. The number of carboxylic acid groups (broad SMARTS) is 2. The fraction of sp³-hybridized carbons (Fsp3) is 0. The van der Waals surface area contributed by atoms with Crippen LogP contribution in [0.3, 0.4) is 0 Å². The van der Waals surface area contributed by atoms with Crippen molar-refractivity contribution < 1.29 is 21.2 Å². The van der Waals surface area contributed by atoms with Gasteiger partial charge in [0.2, 0.25) is 0 Å². The van der Waals surface area contributed by atoms with E-state index in [1.54, 1.807) is 0 Å². The van der Waals surface area contributed by atoms with E-state index in [1.165, 1.54) is 0 Å². The van der Waals surface area contributed by atoms with Gasteiger partial charge in [-0.25, -0.2) is 0 Å². The molecule has 4 nitrogen and oxygen atoms in total. The summed E-state index contributed by atoms with van der Waals surface area (Å²) in [4.78, 5) is 18.8. The molecule has 0 atom stereocenters. The van der Waals surface area contributed by atoms with E-state index in [-0.39, 0.29) is 39.2 Å². The number of hydrogen-bond donors (Lipinski definition) is 0. The molecule has 0 radical (unpaired) electrons. The number of aliphatic carboxylic acids is 2. The maximum absolute atomic E-state index is 9.41. The summed E-state index contributed by atoms with van der Waals surface area (Å²) in [5, 5.41) is 18.8. The molecule has 0 saturated carbocycles. The number of carbonyl (C=O) groups excluding carboxylic acids is 2. The van der Waals surface area contributed by atoms with Gasteiger partial charge in [0.25, 0.3) is 0 Å². The average molecular weight is 155 g/mol. The summed E-state index contributed by atoms with van der Waals surface area (Å²) in [6.07, 6.45) is 0.769. The van der Waals surface area contributed by atoms with Crippen molar-refractivity contribution in [2.75, 3.05) is 0 Å². The van der Waals surface area contributed by atoms with E-state index in [0.717, 1.165) is 0 Å². The Bertz CT molecular complexity index is 128. The van der Waals surface area contributed by atoms with Crippen molar-refractivity contribution in [2.24, 2.45) is 0 Å². The molecule has 0 amide bonds.